The second-order valence-electron chi connectivity index (χ2n) is 11.5. The van der Waals surface area contributed by atoms with E-state index in [1.165, 1.54) is 38.7 Å². The maximum atomic E-state index is 5.79. The van der Waals surface area contributed by atoms with Crippen molar-refractivity contribution in [3.8, 4) is 11.5 Å². The van der Waals surface area contributed by atoms with E-state index in [2.05, 4.69) is 96.1 Å². The molecule has 4 rings (SSSR count). The summed E-state index contributed by atoms with van der Waals surface area (Å²) < 4.78 is 11.6. The minimum absolute atomic E-state index is 0.0449. The van der Waals surface area contributed by atoms with E-state index in [1.54, 1.807) is 14.2 Å². The van der Waals surface area contributed by atoms with E-state index >= 15 is 0 Å². The average molecular weight is 475 g/mol. The summed E-state index contributed by atoms with van der Waals surface area (Å²) in [6, 6.07) is 20.2. The van der Waals surface area contributed by atoms with Crippen LogP contribution in [0, 0.1) is 0 Å². The minimum atomic E-state index is -0.420. The first-order chi connectivity index (χ1) is 16.0. The Kier molecular flexibility index (Phi) is 6.85. The van der Waals surface area contributed by atoms with Gasteiger partial charge in [0.1, 0.15) is 11.5 Å². The van der Waals surface area contributed by atoms with Crippen LogP contribution in [0.25, 0.3) is 0 Å². The average Bonchev–Trinajstić information content (AvgIpc) is 2.77. The predicted molar refractivity (Wildman–Crippen MR) is 147 cm³/mol. The van der Waals surface area contributed by atoms with Gasteiger partial charge < -0.3 is 9.47 Å². The van der Waals surface area contributed by atoms with Crippen molar-refractivity contribution in [1.82, 2.24) is 0 Å². The second-order valence-corrected chi connectivity index (χ2v) is 13.7. The zero-order valence-electron chi connectivity index (χ0n) is 22.1. The van der Waals surface area contributed by atoms with E-state index in [9.17, 15) is 0 Å². The Morgan fingerprint density at radius 2 is 1.09 bits per heavy atom. The number of ether oxygens (including phenoxy) is 2. The minimum Gasteiger partial charge on any atom is -0.497 e. The van der Waals surface area contributed by atoms with Gasteiger partial charge in [0.25, 0.3) is 0 Å². The molecule has 1 heterocycles. The molecular formula is C31H39O2P. The molecule has 3 heteroatoms. The first kappa shape index (κ1) is 24.8. The number of rotatable bonds is 3. The third-order valence-electron chi connectivity index (χ3n) is 6.92. The van der Waals surface area contributed by atoms with Gasteiger partial charge in [0.05, 0.1) is 14.2 Å². The van der Waals surface area contributed by atoms with Gasteiger partial charge in [-0.05, 0) is 92.5 Å². The normalized spacial score (nSPS) is 14.6. The molecule has 0 bridgehead atoms. The highest BCUT2D eigenvalue weighted by molar-refractivity contribution is 7.64. The third-order valence-corrected chi connectivity index (χ3v) is 9.34. The maximum Gasteiger partial charge on any atom is 0.119 e. The van der Waals surface area contributed by atoms with E-state index in [1.807, 2.05) is 0 Å². The SMILES string of the molecule is COc1cc2c(c(C(C)(C)C)c1)CP(c1ccccc1)Cc1c(cc(OC)cc1C(C)(C)C)C2. The van der Waals surface area contributed by atoms with Crippen molar-refractivity contribution in [2.75, 3.05) is 14.2 Å². The van der Waals surface area contributed by atoms with Crippen LogP contribution < -0.4 is 14.8 Å². The highest BCUT2D eigenvalue weighted by atomic mass is 31.1. The molecular weight excluding hydrogens is 435 g/mol. The quantitative estimate of drug-likeness (QED) is 0.362. The summed E-state index contributed by atoms with van der Waals surface area (Å²) in [5.41, 5.74) is 8.71. The molecule has 0 unspecified atom stereocenters. The van der Waals surface area contributed by atoms with Crippen LogP contribution in [0.4, 0.5) is 0 Å². The molecule has 180 valence electrons. The fraction of sp³-hybridized carbons (Fsp3) is 0.419. The van der Waals surface area contributed by atoms with Crippen LogP contribution in [0.5, 0.6) is 11.5 Å². The zero-order valence-corrected chi connectivity index (χ0v) is 23.0. The van der Waals surface area contributed by atoms with Crippen LogP contribution in [0.15, 0.2) is 54.6 Å². The summed E-state index contributed by atoms with van der Waals surface area (Å²) in [7, 11) is 3.14. The van der Waals surface area contributed by atoms with Gasteiger partial charge in [-0.3, -0.25) is 0 Å². The Hall–Kier alpha value is -2.31. The van der Waals surface area contributed by atoms with Gasteiger partial charge in [-0.1, -0.05) is 79.8 Å². The lowest BCUT2D eigenvalue weighted by molar-refractivity contribution is 0.411. The number of methoxy groups -OCH3 is 2. The topological polar surface area (TPSA) is 18.5 Å². The number of benzene rings is 3. The molecule has 0 saturated carbocycles. The number of hydrogen-bond donors (Lipinski definition) is 0. The van der Waals surface area contributed by atoms with Gasteiger partial charge in [0, 0.05) is 0 Å². The zero-order chi connectivity index (χ0) is 24.7. The van der Waals surface area contributed by atoms with Crippen molar-refractivity contribution in [3.05, 3.63) is 88.0 Å². The fourth-order valence-corrected chi connectivity index (χ4v) is 7.71. The van der Waals surface area contributed by atoms with Crippen molar-refractivity contribution in [2.24, 2.45) is 0 Å². The Balaban J connectivity index is 2.02. The Bertz CT molecular complexity index is 1090. The summed E-state index contributed by atoms with van der Waals surface area (Å²) in [4.78, 5) is 0. The second kappa shape index (κ2) is 9.38. The number of hydrogen-bond acceptors (Lipinski definition) is 2. The van der Waals surface area contributed by atoms with Crippen LogP contribution in [0.1, 0.15) is 74.9 Å². The van der Waals surface area contributed by atoms with Crippen LogP contribution >= 0.6 is 7.92 Å². The standard InChI is InChI=1S/C31H39O2P/c1-30(2,3)28-17-23(32-7)15-21-14-22-16-24(33-8)18-29(31(4,5)6)27(22)20-34(19-26(21)28)25-12-10-9-11-13-25/h9-13,15-18H,14,19-20H2,1-8H3. The first-order valence-corrected chi connectivity index (χ1v) is 13.9. The molecule has 0 amide bonds. The molecule has 0 aromatic heterocycles. The van der Waals surface area contributed by atoms with E-state index in [0.717, 1.165) is 30.2 Å². The van der Waals surface area contributed by atoms with Gasteiger partial charge in [-0.2, -0.15) is 0 Å². The maximum absolute atomic E-state index is 5.79. The summed E-state index contributed by atoms with van der Waals surface area (Å²) in [6.45, 7) is 13.9. The molecule has 34 heavy (non-hydrogen) atoms. The molecule has 3 aromatic carbocycles. The Labute approximate surface area is 207 Å². The van der Waals surface area contributed by atoms with Crippen LogP contribution in [-0.4, -0.2) is 14.2 Å². The summed E-state index contributed by atoms with van der Waals surface area (Å²) in [5, 5.41) is 1.47. The summed E-state index contributed by atoms with van der Waals surface area (Å²) >= 11 is 0. The van der Waals surface area contributed by atoms with Crippen molar-refractivity contribution in [2.45, 2.75) is 71.1 Å². The smallest absolute Gasteiger partial charge is 0.119 e. The molecule has 0 atom stereocenters. The van der Waals surface area contributed by atoms with Crippen molar-refractivity contribution < 1.29 is 9.47 Å². The monoisotopic (exact) mass is 474 g/mol. The fourth-order valence-electron chi connectivity index (χ4n) is 5.13. The lowest BCUT2D eigenvalue weighted by Gasteiger charge is -2.34. The largest absolute Gasteiger partial charge is 0.497 e. The summed E-state index contributed by atoms with van der Waals surface area (Å²) in [6.07, 6.45) is 3.10. The molecule has 0 saturated heterocycles. The van der Waals surface area contributed by atoms with Crippen LogP contribution in [0.3, 0.4) is 0 Å². The van der Waals surface area contributed by atoms with E-state index in [-0.39, 0.29) is 10.8 Å². The Morgan fingerprint density at radius 1 is 0.647 bits per heavy atom. The van der Waals surface area contributed by atoms with Crippen LogP contribution in [-0.2, 0) is 29.6 Å². The molecule has 1 aliphatic heterocycles. The highest BCUT2D eigenvalue weighted by Crippen LogP contribution is 2.50. The lowest BCUT2D eigenvalue weighted by atomic mass is 9.79. The molecule has 0 spiro atoms. The molecule has 0 radical (unpaired) electrons. The van der Waals surface area contributed by atoms with Crippen molar-refractivity contribution in [1.29, 1.82) is 0 Å². The van der Waals surface area contributed by atoms with E-state index in [4.69, 9.17) is 9.47 Å². The van der Waals surface area contributed by atoms with Crippen molar-refractivity contribution >= 4 is 13.2 Å². The Morgan fingerprint density at radius 3 is 1.47 bits per heavy atom. The highest BCUT2D eigenvalue weighted by Gasteiger charge is 2.30. The molecule has 1 aliphatic rings. The van der Waals surface area contributed by atoms with Gasteiger partial charge in [-0.25, -0.2) is 0 Å². The predicted octanol–water partition coefficient (Wildman–Crippen LogP) is 7.71. The van der Waals surface area contributed by atoms with E-state index in [0.29, 0.717) is 0 Å². The van der Waals surface area contributed by atoms with Gasteiger partial charge >= 0.3 is 0 Å². The first-order valence-electron chi connectivity index (χ1n) is 12.2. The molecule has 0 aliphatic carbocycles. The molecule has 0 N–H and O–H groups in total. The molecule has 0 fully saturated rings. The van der Waals surface area contributed by atoms with E-state index < -0.39 is 7.92 Å². The summed E-state index contributed by atoms with van der Waals surface area (Å²) in [5.74, 6) is 1.91. The molecule has 3 aromatic rings. The molecule has 2 nitrogen and oxygen atoms in total. The van der Waals surface area contributed by atoms with Crippen LogP contribution in [0.2, 0.25) is 0 Å². The van der Waals surface area contributed by atoms with Crippen molar-refractivity contribution in [3.63, 3.8) is 0 Å². The van der Waals surface area contributed by atoms with Gasteiger partial charge in [-0.15, -0.1) is 0 Å². The van der Waals surface area contributed by atoms with Gasteiger partial charge in [0.15, 0.2) is 0 Å². The number of fused-ring (bicyclic) bond motifs is 2. The lowest BCUT2D eigenvalue weighted by Crippen LogP contribution is -2.21. The van der Waals surface area contributed by atoms with Gasteiger partial charge in [0.2, 0.25) is 0 Å². The third kappa shape index (κ3) is 5.03.